The summed E-state index contributed by atoms with van der Waals surface area (Å²) in [7, 11) is 0. The van der Waals surface area contributed by atoms with Crippen molar-refractivity contribution in [3.05, 3.63) is 35.2 Å². The Morgan fingerprint density at radius 2 is 1.86 bits per heavy atom. The molecule has 1 aliphatic heterocycles. The second kappa shape index (κ2) is 9.05. The summed E-state index contributed by atoms with van der Waals surface area (Å²) in [6, 6.07) is 5.73. The van der Waals surface area contributed by atoms with Crippen LogP contribution in [0.25, 0.3) is 0 Å². The molecule has 3 atom stereocenters. The van der Waals surface area contributed by atoms with Gasteiger partial charge in [-0.3, -0.25) is 0 Å². The fourth-order valence-electron chi connectivity index (χ4n) is 4.66. The van der Waals surface area contributed by atoms with Gasteiger partial charge in [-0.05, 0) is 42.9 Å². The number of benzene rings is 1. The Hall–Kier alpha value is -3.16. The number of hydrogen-bond acceptors (Lipinski definition) is 8. The second-order valence-electron chi connectivity index (χ2n) is 8.91. The average molecular weight is 534 g/mol. The molecule has 36 heavy (non-hydrogen) atoms. The van der Waals surface area contributed by atoms with Crippen molar-refractivity contribution in [1.29, 1.82) is 0 Å². The number of aryl methyl sites for hydroxylation is 1. The highest BCUT2D eigenvalue weighted by molar-refractivity contribution is 6.30. The predicted octanol–water partition coefficient (Wildman–Crippen LogP) is 4.94. The van der Waals surface area contributed by atoms with Crippen LogP contribution in [0.15, 0.2) is 28.7 Å². The zero-order chi connectivity index (χ0) is 25.7. The molecule has 0 radical (unpaired) electrons. The van der Waals surface area contributed by atoms with E-state index in [9.17, 15) is 22.0 Å². The Bertz CT molecular complexity index is 1220. The molecule has 15 heteroatoms. The number of rotatable bonds is 7. The molecular formula is C21H21ClF5N7O2. The molecule has 1 saturated heterocycles. The van der Waals surface area contributed by atoms with Crippen molar-refractivity contribution in [2.24, 2.45) is 11.8 Å². The fourth-order valence-corrected chi connectivity index (χ4v) is 4.84. The molecule has 2 aromatic heterocycles. The van der Waals surface area contributed by atoms with Crippen molar-refractivity contribution in [2.75, 3.05) is 23.3 Å². The SMILES string of the molecule is Cc1nnc(N2C[C@H]3CC[C@@H](C2)C3Nc2nc(Oc3cccc(Cl)c3)n(CC(F)(F)C(F)(F)F)n2)o1. The number of aromatic nitrogens is 5. The van der Waals surface area contributed by atoms with E-state index in [0.717, 1.165) is 12.8 Å². The Morgan fingerprint density at radius 1 is 1.14 bits per heavy atom. The molecule has 1 aromatic carbocycles. The molecule has 1 saturated carbocycles. The number of nitrogens with zero attached hydrogens (tertiary/aromatic N) is 6. The Kier molecular flexibility index (Phi) is 6.17. The van der Waals surface area contributed by atoms with Gasteiger partial charge in [-0.2, -0.15) is 26.9 Å². The van der Waals surface area contributed by atoms with Gasteiger partial charge >= 0.3 is 24.1 Å². The standard InChI is InChI=1S/C21H21ClF5N7O2/c1-11-30-31-19(35-11)33-8-12-5-6-13(9-33)16(12)28-17-29-18(36-15-4-2-3-14(22)7-15)34(32-17)10-20(23,24)21(25,26)27/h2-4,7,12-13,16H,5-6,8-10H2,1H3,(H,28,32)/t12-,13+,16?. The molecule has 2 bridgehead atoms. The molecule has 3 aromatic rings. The Labute approximate surface area is 206 Å². The van der Waals surface area contributed by atoms with Crippen molar-refractivity contribution >= 4 is 23.6 Å². The van der Waals surface area contributed by atoms with E-state index >= 15 is 0 Å². The van der Waals surface area contributed by atoms with Crippen LogP contribution in [0.3, 0.4) is 0 Å². The minimum absolute atomic E-state index is 0.103. The van der Waals surface area contributed by atoms with Crippen LogP contribution in [0.2, 0.25) is 5.02 Å². The second-order valence-corrected chi connectivity index (χ2v) is 9.35. The number of fused-ring (bicyclic) bond motifs is 2. The minimum Gasteiger partial charge on any atom is -0.424 e. The summed E-state index contributed by atoms with van der Waals surface area (Å²) >= 11 is 5.92. The molecular weight excluding hydrogens is 513 g/mol. The van der Waals surface area contributed by atoms with Gasteiger partial charge in [0.25, 0.3) is 0 Å². The lowest BCUT2D eigenvalue weighted by molar-refractivity contribution is -0.287. The molecule has 3 heterocycles. The van der Waals surface area contributed by atoms with Crippen LogP contribution in [-0.4, -0.2) is 56.2 Å². The van der Waals surface area contributed by atoms with Gasteiger partial charge < -0.3 is 19.4 Å². The zero-order valence-electron chi connectivity index (χ0n) is 18.8. The molecule has 9 nitrogen and oxygen atoms in total. The third-order valence-electron chi connectivity index (χ3n) is 6.32. The highest BCUT2D eigenvalue weighted by Crippen LogP contribution is 2.41. The average Bonchev–Trinajstić information content (AvgIpc) is 3.43. The summed E-state index contributed by atoms with van der Waals surface area (Å²) in [5, 5.41) is 15.2. The first-order valence-corrected chi connectivity index (χ1v) is 11.5. The van der Waals surface area contributed by atoms with E-state index in [2.05, 4.69) is 25.6 Å². The first-order valence-electron chi connectivity index (χ1n) is 11.1. The molecule has 0 amide bonds. The van der Waals surface area contributed by atoms with E-state index < -0.39 is 24.7 Å². The highest BCUT2D eigenvalue weighted by atomic mass is 35.5. The lowest BCUT2D eigenvalue weighted by atomic mass is 9.92. The van der Waals surface area contributed by atoms with Gasteiger partial charge in [0.05, 0.1) is 0 Å². The smallest absolute Gasteiger partial charge is 0.424 e. The van der Waals surface area contributed by atoms with E-state index in [0.29, 0.717) is 29.7 Å². The van der Waals surface area contributed by atoms with Crippen LogP contribution in [0, 0.1) is 18.8 Å². The van der Waals surface area contributed by atoms with E-state index in [1.165, 1.54) is 18.2 Å². The zero-order valence-corrected chi connectivity index (χ0v) is 19.6. The van der Waals surface area contributed by atoms with Crippen molar-refractivity contribution in [3.63, 3.8) is 0 Å². The Balaban J connectivity index is 1.37. The molecule has 2 fully saturated rings. The third-order valence-corrected chi connectivity index (χ3v) is 6.56. The Morgan fingerprint density at radius 3 is 2.47 bits per heavy atom. The molecule has 5 rings (SSSR count). The number of ether oxygens (including phenoxy) is 1. The summed E-state index contributed by atoms with van der Waals surface area (Å²) in [5.41, 5.74) is 0. The number of anilines is 2. The van der Waals surface area contributed by atoms with Crippen LogP contribution < -0.4 is 15.0 Å². The van der Waals surface area contributed by atoms with E-state index in [1.807, 2.05) is 4.90 Å². The van der Waals surface area contributed by atoms with Gasteiger partial charge in [0, 0.05) is 31.1 Å². The first kappa shape index (κ1) is 24.5. The van der Waals surface area contributed by atoms with E-state index in [4.69, 9.17) is 20.8 Å². The molecule has 1 unspecified atom stereocenters. The molecule has 1 aliphatic carbocycles. The summed E-state index contributed by atoms with van der Waals surface area (Å²) < 4.78 is 77.8. The predicted molar refractivity (Wildman–Crippen MR) is 117 cm³/mol. The number of halogens is 6. The van der Waals surface area contributed by atoms with Gasteiger partial charge in [0.15, 0.2) is 0 Å². The van der Waals surface area contributed by atoms with Gasteiger partial charge in [-0.15, -0.1) is 10.2 Å². The summed E-state index contributed by atoms with van der Waals surface area (Å²) in [6.07, 6.45) is -4.01. The normalized spacial score (nSPS) is 22.2. The quantitative estimate of drug-likeness (QED) is 0.427. The fraction of sp³-hybridized carbons (Fsp3) is 0.524. The van der Waals surface area contributed by atoms with Crippen LogP contribution >= 0.6 is 11.6 Å². The highest BCUT2D eigenvalue weighted by Gasteiger charge is 2.58. The lowest BCUT2D eigenvalue weighted by Crippen LogP contribution is -2.48. The van der Waals surface area contributed by atoms with Crippen molar-refractivity contribution < 1.29 is 31.1 Å². The van der Waals surface area contributed by atoms with Crippen LogP contribution in [0.4, 0.5) is 33.9 Å². The van der Waals surface area contributed by atoms with Gasteiger partial charge in [-0.1, -0.05) is 22.8 Å². The molecule has 1 N–H and O–H groups in total. The van der Waals surface area contributed by atoms with Crippen molar-refractivity contribution in [2.45, 2.75) is 44.5 Å². The van der Waals surface area contributed by atoms with E-state index in [-0.39, 0.29) is 34.6 Å². The number of hydrogen-bond donors (Lipinski definition) is 1. The maximum Gasteiger partial charge on any atom is 0.455 e. The number of alkyl halides is 5. The number of piperidine rings is 1. The summed E-state index contributed by atoms with van der Waals surface area (Å²) in [5.74, 6) is -4.34. The molecule has 0 spiro atoms. The largest absolute Gasteiger partial charge is 0.455 e. The minimum atomic E-state index is -5.76. The van der Waals surface area contributed by atoms with Crippen LogP contribution in [-0.2, 0) is 6.54 Å². The summed E-state index contributed by atoms with van der Waals surface area (Å²) in [6.45, 7) is 1.12. The van der Waals surface area contributed by atoms with E-state index in [1.54, 1.807) is 13.0 Å². The van der Waals surface area contributed by atoms with Gasteiger partial charge in [0.2, 0.25) is 11.8 Å². The first-order chi connectivity index (χ1) is 17.0. The third kappa shape index (κ3) is 4.90. The molecule has 194 valence electrons. The van der Waals surface area contributed by atoms with Crippen molar-refractivity contribution in [3.8, 4) is 11.8 Å². The van der Waals surface area contributed by atoms with Gasteiger partial charge in [0.1, 0.15) is 12.3 Å². The summed E-state index contributed by atoms with van der Waals surface area (Å²) in [4.78, 5) is 6.08. The molecule has 2 aliphatic rings. The maximum absolute atomic E-state index is 13.9. The maximum atomic E-state index is 13.9. The topological polar surface area (TPSA) is 94.1 Å². The lowest BCUT2D eigenvalue weighted by Gasteiger charge is -2.37. The monoisotopic (exact) mass is 533 g/mol. The van der Waals surface area contributed by atoms with Crippen LogP contribution in [0.5, 0.6) is 11.8 Å². The van der Waals surface area contributed by atoms with Gasteiger partial charge in [-0.25, -0.2) is 4.68 Å². The number of nitrogens with one attached hydrogen (secondary N) is 1. The van der Waals surface area contributed by atoms with Crippen molar-refractivity contribution in [1.82, 2.24) is 25.0 Å². The van der Waals surface area contributed by atoms with Crippen LogP contribution in [0.1, 0.15) is 18.7 Å².